The third kappa shape index (κ3) is 8.02. The van der Waals surface area contributed by atoms with Crippen molar-refractivity contribution in [3.63, 3.8) is 0 Å². The molecule has 0 fully saturated rings. The second-order valence-corrected chi connectivity index (χ2v) is 8.24. The van der Waals surface area contributed by atoms with Gasteiger partial charge >= 0.3 is 0 Å². The summed E-state index contributed by atoms with van der Waals surface area (Å²) in [6, 6.07) is 9.40. The normalized spacial score (nSPS) is 11.5. The first-order valence-electron chi connectivity index (χ1n) is 10.7. The minimum atomic E-state index is -0.716. The fourth-order valence-corrected chi connectivity index (χ4v) is 3.37. The molecule has 0 spiro atoms. The number of amides is 2. The Morgan fingerprint density at radius 1 is 1.00 bits per heavy atom. The van der Waals surface area contributed by atoms with Crippen LogP contribution in [0.1, 0.15) is 32.3 Å². The number of benzene rings is 2. The van der Waals surface area contributed by atoms with E-state index in [4.69, 9.17) is 37.4 Å². The molecule has 7 nitrogen and oxygen atoms in total. The van der Waals surface area contributed by atoms with E-state index in [0.717, 1.165) is 18.4 Å². The summed E-state index contributed by atoms with van der Waals surface area (Å²) in [6.07, 6.45) is 1.82. The van der Waals surface area contributed by atoms with Crippen molar-refractivity contribution in [1.82, 2.24) is 10.2 Å². The van der Waals surface area contributed by atoms with E-state index in [-0.39, 0.29) is 25.0 Å². The van der Waals surface area contributed by atoms with Crippen molar-refractivity contribution < 1.29 is 23.8 Å². The molecule has 0 aromatic heterocycles. The Kier molecular flexibility index (Phi) is 10.6. The molecule has 1 atom stereocenters. The average Bonchev–Trinajstić information content (AvgIpc) is 2.82. The van der Waals surface area contributed by atoms with Crippen LogP contribution in [-0.4, -0.2) is 50.1 Å². The van der Waals surface area contributed by atoms with Gasteiger partial charge in [0.25, 0.3) is 5.91 Å². The monoisotopic (exact) mass is 496 g/mol. The third-order valence-electron chi connectivity index (χ3n) is 5.02. The van der Waals surface area contributed by atoms with Crippen LogP contribution in [0.3, 0.4) is 0 Å². The molecule has 0 unspecified atom stereocenters. The molecular formula is C24H30Cl2N2O5. The van der Waals surface area contributed by atoms with E-state index < -0.39 is 6.04 Å². The molecule has 1 N–H and O–H groups in total. The van der Waals surface area contributed by atoms with Crippen LogP contribution in [0.5, 0.6) is 17.2 Å². The number of carbonyl (C=O) groups excluding carboxylic acids is 2. The van der Waals surface area contributed by atoms with Crippen LogP contribution in [0, 0.1) is 0 Å². The summed E-state index contributed by atoms with van der Waals surface area (Å²) in [4.78, 5) is 27.3. The van der Waals surface area contributed by atoms with E-state index in [1.807, 2.05) is 6.92 Å². The number of halogens is 2. The van der Waals surface area contributed by atoms with Crippen LogP contribution in [0.2, 0.25) is 10.0 Å². The van der Waals surface area contributed by atoms with Crippen LogP contribution < -0.4 is 19.5 Å². The van der Waals surface area contributed by atoms with Crippen molar-refractivity contribution in [3.05, 3.63) is 52.0 Å². The lowest BCUT2D eigenvalue weighted by molar-refractivity contribution is -0.142. The van der Waals surface area contributed by atoms with E-state index in [0.29, 0.717) is 33.8 Å². The Hall–Kier alpha value is -2.64. The molecule has 0 saturated heterocycles. The molecule has 0 saturated carbocycles. The number of hydrogen-bond acceptors (Lipinski definition) is 5. The molecule has 0 heterocycles. The van der Waals surface area contributed by atoms with Gasteiger partial charge in [-0.25, -0.2) is 0 Å². The first-order chi connectivity index (χ1) is 15.8. The van der Waals surface area contributed by atoms with Gasteiger partial charge in [-0.15, -0.1) is 0 Å². The van der Waals surface area contributed by atoms with Crippen LogP contribution in [-0.2, 0) is 16.1 Å². The van der Waals surface area contributed by atoms with Gasteiger partial charge in [-0.2, -0.15) is 0 Å². The van der Waals surface area contributed by atoms with Crippen LogP contribution in [0.4, 0.5) is 0 Å². The maximum Gasteiger partial charge on any atom is 0.261 e. The van der Waals surface area contributed by atoms with Crippen molar-refractivity contribution in [2.24, 2.45) is 0 Å². The number of carbonyl (C=O) groups is 2. The van der Waals surface area contributed by atoms with Gasteiger partial charge in [-0.1, -0.05) is 42.6 Å². The predicted octanol–water partition coefficient (Wildman–Crippen LogP) is 4.72. The summed E-state index contributed by atoms with van der Waals surface area (Å²) in [5.41, 5.74) is 0.744. The summed E-state index contributed by atoms with van der Waals surface area (Å²) >= 11 is 12.2. The lowest BCUT2D eigenvalue weighted by atomic mass is 10.1. The molecular weight excluding hydrogens is 467 g/mol. The topological polar surface area (TPSA) is 77.1 Å². The van der Waals surface area contributed by atoms with Gasteiger partial charge < -0.3 is 24.4 Å². The third-order valence-corrected chi connectivity index (χ3v) is 5.76. The summed E-state index contributed by atoms with van der Waals surface area (Å²) < 4.78 is 16.2. The van der Waals surface area contributed by atoms with Crippen molar-refractivity contribution in [3.8, 4) is 17.2 Å². The highest BCUT2D eigenvalue weighted by Crippen LogP contribution is 2.28. The van der Waals surface area contributed by atoms with Gasteiger partial charge in [0.05, 0.1) is 24.3 Å². The van der Waals surface area contributed by atoms with Gasteiger partial charge in [0.2, 0.25) is 5.91 Å². The highest BCUT2D eigenvalue weighted by molar-refractivity contribution is 6.42. The molecule has 180 valence electrons. The Morgan fingerprint density at radius 3 is 2.21 bits per heavy atom. The van der Waals surface area contributed by atoms with Crippen molar-refractivity contribution in [2.45, 2.75) is 39.3 Å². The molecule has 2 amide bonds. The maximum atomic E-state index is 13.2. The van der Waals surface area contributed by atoms with E-state index in [2.05, 4.69) is 5.32 Å². The van der Waals surface area contributed by atoms with Crippen LogP contribution in [0.25, 0.3) is 0 Å². The number of rotatable bonds is 12. The summed E-state index contributed by atoms with van der Waals surface area (Å²) in [5, 5.41) is 3.67. The highest BCUT2D eigenvalue weighted by atomic mass is 35.5. The first kappa shape index (κ1) is 26.6. The van der Waals surface area contributed by atoms with Gasteiger partial charge in [0.1, 0.15) is 23.3 Å². The molecule has 2 aromatic carbocycles. The molecule has 0 aliphatic heterocycles. The predicted molar refractivity (Wildman–Crippen MR) is 129 cm³/mol. The van der Waals surface area contributed by atoms with Crippen molar-refractivity contribution >= 4 is 35.0 Å². The van der Waals surface area contributed by atoms with Gasteiger partial charge in [0.15, 0.2) is 6.61 Å². The number of ether oxygens (including phenoxy) is 3. The van der Waals surface area contributed by atoms with Crippen molar-refractivity contribution in [2.75, 3.05) is 27.4 Å². The molecule has 2 aromatic rings. The van der Waals surface area contributed by atoms with E-state index in [1.165, 1.54) is 19.1 Å². The largest absolute Gasteiger partial charge is 0.496 e. The van der Waals surface area contributed by atoms with Crippen LogP contribution >= 0.6 is 23.2 Å². The lowest BCUT2D eigenvalue weighted by Gasteiger charge is -2.29. The SMILES string of the molecule is CCCCNC(=O)[C@@H](C)N(Cc1ccc(Cl)c(Cl)c1)C(=O)COc1cc(OC)cc(OC)c1. The fourth-order valence-electron chi connectivity index (χ4n) is 3.05. The highest BCUT2D eigenvalue weighted by Gasteiger charge is 2.26. The molecule has 0 aliphatic rings. The standard InChI is InChI=1S/C24H30Cl2N2O5/c1-5-6-9-27-24(30)16(2)28(14-17-7-8-21(25)22(26)10-17)23(29)15-33-20-12-18(31-3)11-19(13-20)32-4/h7-8,10-13,16H,5-6,9,14-15H2,1-4H3,(H,27,30)/t16-/m1/s1. The van der Waals surface area contributed by atoms with Crippen molar-refractivity contribution in [1.29, 1.82) is 0 Å². The van der Waals surface area contributed by atoms with Gasteiger partial charge in [-0.05, 0) is 31.0 Å². The quantitative estimate of drug-likeness (QED) is 0.430. The number of nitrogens with one attached hydrogen (secondary N) is 1. The minimum Gasteiger partial charge on any atom is -0.496 e. The smallest absolute Gasteiger partial charge is 0.261 e. The Morgan fingerprint density at radius 2 is 1.64 bits per heavy atom. The molecule has 0 radical (unpaired) electrons. The lowest BCUT2D eigenvalue weighted by Crippen LogP contribution is -2.49. The zero-order valence-corrected chi connectivity index (χ0v) is 20.8. The number of methoxy groups -OCH3 is 2. The van der Waals surface area contributed by atoms with Gasteiger partial charge in [-0.3, -0.25) is 9.59 Å². The second kappa shape index (κ2) is 13.2. The number of nitrogens with zero attached hydrogens (tertiary/aromatic N) is 1. The average molecular weight is 497 g/mol. The zero-order valence-electron chi connectivity index (χ0n) is 19.3. The number of hydrogen-bond donors (Lipinski definition) is 1. The van der Waals surface area contributed by atoms with E-state index in [9.17, 15) is 9.59 Å². The van der Waals surface area contributed by atoms with E-state index in [1.54, 1.807) is 43.3 Å². The van der Waals surface area contributed by atoms with Gasteiger partial charge in [0, 0.05) is 31.3 Å². The molecule has 0 bridgehead atoms. The second-order valence-electron chi connectivity index (χ2n) is 7.43. The minimum absolute atomic E-state index is 0.170. The maximum absolute atomic E-state index is 13.2. The molecule has 33 heavy (non-hydrogen) atoms. The fraction of sp³-hybridized carbons (Fsp3) is 0.417. The summed E-state index contributed by atoms with van der Waals surface area (Å²) in [7, 11) is 3.06. The van der Waals surface area contributed by atoms with Crippen LogP contribution in [0.15, 0.2) is 36.4 Å². The number of unbranched alkanes of at least 4 members (excludes halogenated alkanes) is 1. The Labute approximate surface area is 204 Å². The molecule has 2 rings (SSSR count). The zero-order chi connectivity index (χ0) is 24.4. The summed E-state index contributed by atoms with van der Waals surface area (Å²) in [6.45, 7) is 4.17. The summed E-state index contributed by atoms with van der Waals surface area (Å²) in [5.74, 6) is 0.885. The Bertz CT molecular complexity index is 932. The molecule has 0 aliphatic carbocycles. The molecule has 9 heteroatoms. The van der Waals surface area contributed by atoms with E-state index >= 15 is 0 Å². The first-order valence-corrected chi connectivity index (χ1v) is 11.4. The Balaban J connectivity index is 2.19.